The molecule has 3 N–H and O–H groups in total. The summed E-state index contributed by atoms with van der Waals surface area (Å²) >= 11 is 0. The summed E-state index contributed by atoms with van der Waals surface area (Å²) in [6.45, 7) is 0. The van der Waals surface area contributed by atoms with Crippen molar-refractivity contribution in [2.24, 2.45) is 17.8 Å². The van der Waals surface area contributed by atoms with Crippen molar-refractivity contribution in [3.63, 3.8) is 0 Å². The number of nitrogens with zero attached hydrogens (tertiary/aromatic N) is 3. The number of H-pyrrole nitrogens is 1. The van der Waals surface area contributed by atoms with Crippen molar-refractivity contribution in [2.45, 2.75) is 31.7 Å². The van der Waals surface area contributed by atoms with Crippen LogP contribution in [0.1, 0.15) is 31.2 Å². The fourth-order valence-electron chi connectivity index (χ4n) is 5.22. The molecule has 0 aromatic carbocycles. The van der Waals surface area contributed by atoms with E-state index in [1.807, 2.05) is 6.07 Å². The number of carbonyl (C=O) groups is 1. The summed E-state index contributed by atoms with van der Waals surface area (Å²) in [6.07, 6.45) is 6.13. The Bertz CT molecular complexity index is 1230. The molecular formula is C22H19F2N5O2. The number of hydrogen-bond acceptors (Lipinski definition) is 5. The quantitative estimate of drug-likeness (QED) is 0.583. The van der Waals surface area contributed by atoms with E-state index in [2.05, 4.69) is 20.3 Å². The van der Waals surface area contributed by atoms with Gasteiger partial charge in [-0.2, -0.15) is 5.26 Å². The van der Waals surface area contributed by atoms with Gasteiger partial charge >= 0.3 is 5.97 Å². The molecule has 2 atom stereocenters. The maximum Gasteiger partial charge on any atom is 0.308 e. The number of fused-ring (bicyclic) bond motifs is 4. The molecule has 3 aliphatic rings. The minimum absolute atomic E-state index is 0.00633. The summed E-state index contributed by atoms with van der Waals surface area (Å²) in [4.78, 5) is 23.2. The van der Waals surface area contributed by atoms with Crippen molar-refractivity contribution < 1.29 is 18.7 Å². The lowest BCUT2D eigenvalue weighted by molar-refractivity contribution is -0.148. The van der Waals surface area contributed by atoms with E-state index in [1.54, 1.807) is 6.20 Å². The SMILES string of the molecule is N#Cc1cc(F)c(N[C@H]2C3CCC(CC3)[C@@H]2C(=O)O)nc1-c1c[nH]c2ncc(F)cc12. The van der Waals surface area contributed by atoms with Gasteiger partial charge in [-0.3, -0.25) is 4.79 Å². The highest BCUT2D eigenvalue weighted by atomic mass is 19.1. The molecule has 2 bridgehead atoms. The molecule has 0 spiro atoms. The zero-order valence-corrected chi connectivity index (χ0v) is 16.4. The number of anilines is 1. The highest BCUT2D eigenvalue weighted by Crippen LogP contribution is 2.46. The number of pyridine rings is 2. The van der Waals surface area contributed by atoms with Crippen LogP contribution in [0.15, 0.2) is 24.5 Å². The van der Waals surface area contributed by atoms with E-state index in [1.165, 1.54) is 6.07 Å². The second-order valence-corrected chi connectivity index (χ2v) is 8.29. The predicted molar refractivity (Wildman–Crippen MR) is 108 cm³/mol. The maximum absolute atomic E-state index is 14.9. The first-order chi connectivity index (χ1) is 15.0. The number of aromatic nitrogens is 3. The van der Waals surface area contributed by atoms with Crippen molar-refractivity contribution in [1.82, 2.24) is 15.0 Å². The topological polar surface area (TPSA) is 115 Å². The van der Waals surface area contributed by atoms with E-state index in [-0.39, 0.29) is 28.9 Å². The van der Waals surface area contributed by atoms with E-state index in [0.717, 1.165) is 37.9 Å². The molecule has 0 aliphatic heterocycles. The molecule has 3 heterocycles. The summed E-state index contributed by atoms with van der Waals surface area (Å²) in [5.74, 6) is -2.69. The van der Waals surface area contributed by atoms with Crippen LogP contribution < -0.4 is 5.32 Å². The van der Waals surface area contributed by atoms with Crippen molar-refractivity contribution >= 4 is 22.8 Å². The number of nitrogens with one attached hydrogen (secondary N) is 2. The first-order valence-electron chi connectivity index (χ1n) is 10.2. The van der Waals surface area contributed by atoms with Crippen LogP contribution in [-0.4, -0.2) is 32.1 Å². The second kappa shape index (κ2) is 7.30. The van der Waals surface area contributed by atoms with Gasteiger partial charge in [-0.25, -0.2) is 18.7 Å². The number of rotatable bonds is 4. The fourth-order valence-corrected chi connectivity index (χ4v) is 5.22. The van der Waals surface area contributed by atoms with Crippen LogP contribution in [0.25, 0.3) is 22.3 Å². The largest absolute Gasteiger partial charge is 0.481 e. The van der Waals surface area contributed by atoms with Gasteiger partial charge in [0.05, 0.1) is 23.4 Å². The van der Waals surface area contributed by atoms with Crippen molar-refractivity contribution in [3.8, 4) is 17.3 Å². The van der Waals surface area contributed by atoms with Gasteiger partial charge in [0, 0.05) is 23.2 Å². The third-order valence-corrected chi connectivity index (χ3v) is 6.66. The standard InChI is InChI=1S/C22H19F2N5O2/c23-13-6-14-15(9-27-20(14)26-8-13)18-12(7-25)5-16(24)21(28-18)29-19-11-3-1-10(2-4-11)17(19)22(30)31/h5-6,8-11,17,19H,1-4H2,(H,26,27)(H,28,29)(H,30,31)/t10?,11?,17-,19-/m0/s1. The minimum Gasteiger partial charge on any atom is -0.481 e. The molecular weight excluding hydrogens is 404 g/mol. The molecule has 0 amide bonds. The molecule has 3 aromatic rings. The van der Waals surface area contributed by atoms with Gasteiger partial charge in [-0.15, -0.1) is 0 Å². The van der Waals surface area contributed by atoms with Gasteiger partial charge in [0.15, 0.2) is 11.6 Å². The zero-order chi connectivity index (χ0) is 21.7. The van der Waals surface area contributed by atoms with E-state index in [4.69, 9.17) is 0 Å². The van der Waals surface area contributed by atoms with Gasteiger partial charge in [-0.1, -0.05) is 0 Å². The van der Waals surface area contributed by atoms with E-state index in [0.29, 0.717) is 16.6 Å². The van der Waals surface area contributed by atoms with Gasteiger partial charge in [-0.05, 0) is 49.7 Å². The Hall–Kier alpha value is -3.54. The first kappa shape index (κ1) is 19.4. The van der Waals surface area contributed by atoms with Gasteiger partial charge in [0.25, 0.3) is 0 Å². The number of carboxylic acid groups (broad SMARTS) is 1. The Balaban J connectivity index is 1.58. The number of aliphatic carboxylic acids is 1. The Morgan fingerprint density at radius 3 is 2.68 bits per heavy atom. The maximum atomic E-state index is 14.9. The molecule has 3 aromatic heterocycles. The lowest BCUT2D eigenvalue weighted by atomic mass is 9.61. The van der Waals surface area contributed by atoms with Gasteiger partial charge < -0.3 is 15.4 Å². The number of aromatic amines is 1. The van der Waals surface area contributed by atoms with Crippen molar-refractivity contribution in [3.05, 3.63) is 41.7 Å². The molecule has 0 radical (unpaired) electrons. The molecule has 7 nitrogen and oxygen atoms in total. The molecule has 0 saturated heterocycles. The highest BCUT2D eigenvalue weighted by Gasteiger charge is 2.47. The molecule has 3 aliphatic carbocycles. The van der Waals surface area contributed by atoms with Crippen LogP contribution in [0, 0.1) is 40.7 Å². The molecule has 6 rings (SSSR count). The van der Waals surface area contributed by atoms with Crippen LogP contribution >= 0.6 is 0 Å². The van der Waals surface area contributed by atoms with Crippen LogP contribution in [-0.2, 0) is 4.79 Å². The number of hydrogen-bond donors (Lipinski definition) is 3. The van der Waals surface area contributed by atoms with Crippen LogP contribution in [0.3, 0.4) is 0 Å². The smallest absolute Gasteiger partial charge is 0.308 e. The predicted octanol–water partition coefficient (Wildman–Crippen LogP) is 4.08. The van der Waals surface area contributed by atoms with Crippen LogP contribution in [0.2, 0.25) is 0 Å². The lowest BCUT2D eigenvalue weighted by Gasteiger charge is -2.47. The highest BCUT2D eigenvalue weighted by molar-refractivity contribution is 5.94. The average Bonchev–Trinajstić information content (AvgIpc) is 3.18. The summed E-state index contributed by atoms with van der Waals surface area (Å²) in [5, 5.41) is 22.8. The monoisotopic (exact) mass is 423 g/mol. The molecule has 31 heavy (non-hydrogen) atoms. The summed E-state index contributed by atoms with van der Waals surface area (Å²) in [7, 11) is 0. The third kappa shape index (κ3) is 3.19. The van der Waals surface area contributed by atoms with Crippen molar-refractivity contribution in [1.29, 1.82) is 5.26 Å². The van der Waals surface area contributed by atoms with E-state index < -0.39 is 29.6 Å². The molecule has 3 fully saturated rings. The van der Waals surface area contributed by atoms with Gasteiger partial charge in [0.2, 0.25) is 0 Å². The van der Waals surface area contributed by atoms with Crippen molar-refractivity contribution in [2.75, 3.05) is 5.32 Å². The summed E-state index contributed by atoms with van der Waals surface area (Å²) < 4.78 is 28.6. The summed E-state index contributed by atoms with van der Waals surface area (Å²) in [6, 6.07) is 3.85. The Morgan fingerprint density at radius 1 is 1.23 bits per heavy atom. The van der Waals surface area contributed by atoms with E-state index in [9.17, 15) is 23.9 Å². The third-order valence-electron chi connectivity index (χ3n) is 6.66. The second-order valence-electron chi connectivity index (χ2n) is 8.29. The first-order valence-corrected chi connectivity index (χ1v) is 10.2. The fraction of sp³-hybridized carbons (Fsp3) is 0.364. The Morgan fingerprint density at radius 2 is 1.97 bits per heavy atom. The number of nitriles is 1. The Labute approximate surface area is 176 Å². The molecule has 9 heteroatoms. The van der Waals surface area contributed by atoms with Crippen LogP contribution in [0.4, 0.5) is 14.6 Å². The van der Waals surface area contributed by atoms with Crippen LogP contribution in [0.5, 0.6) is 0 Å². The van der Waals surface area contributed by atoms with Gasteiger partial charge in [0.1, 0.15) is 17.5 Å². The summed E-state index contributed by atoms with van der Waals surface area (Å²) in [5.41, 5.74) is 1.00. The normalized spacial score (nSPS) is 24.8. The zero-order valence-electron chi connectivity index (χ0n) is 16.4. The Kier molecular flexibility index (Phi) is 4.58. The molecule has 3 saturated carbocycles. The average molecular weight is 423 g/mol. The molecule has 158 valence electrons. The lowest BCUT2D eigenvalue weighted by Crippen LogP contribution is -2.51. The molecule has 0 unspecified atom stereocenters. The minimum atomic E-state index is -0.889. The van der Waals surface area contributed by atoms with E-state index >= 15 is 0 Å². The number of halogens is 2. The number of carboxylic acids is 1.